The van der Waals surface area contributed by atoms with Gasteiger partial charge in [-0.2, -0.15) is 0 Å². The number of carbonyl (C=O) groups excluding carboxylic acids is 1. The van der Waals surface area contributed by atoms with Gasteiger partial charge in [0.25, 0.3) is 0 Å². The topological polar surface area (TPSA) is 38.8 Å². The number of fused-ring (bicyclic) bond motifs is 2. The molecule has 124 valence electrons. The van der Waals surface area contributed by atoms with Crippen LogP contribution in [0.15, 0.2) is 53.0 Å². The predicted octanol–water partition coefficient (Wildman–Crippen LogP) is 3.87. The molecule has 4 nitrogen and oxygen atoms in total. The van der Waals surface area contributed by atoms with Crippen LogP contribution in [0, 0.1) is 0 Å². The summed E-state index contributed by atoms with van der Waals surface area (Å²) < 4.78 is 12.1. The zero-order valence-corrected chi connectivity index (χ0v) is 14.8. The van der Waals surface area contributed by atoms with Gasteiger partial charge in [0.2, 0.25) is 0 Å². The summed E-state index contributed by atoms with van der Waals surface area (Å²) in [4.78, 5) is 14.5. The highest BCUT2D eigenvalue weighted by Crippen LogP contribution is 2.42. The van der Waals surface area contributed by atoms with Gasteiger partial charge in [0.1, 0.15) is 12.1 Å². The number of carbonyl (C=O) groups is 1. The average molecular weight is 388 g/mol. The van der Waals surface area contributed by atoms with E-state index in [-0.39, 0.29) is 11.6 Å². The summed E-state index contributed by atoms with van der Waals surface area (Å²) >= 11 is 3.53. The first-order valence-corrected chi connectivity index (χ1v) is 8.83. The summed E-state index contributed by atoms with van der Waals surface area (Å²) in [6.07, 6.45) is 0.562. The summed E-state index contributed by atoms with van der Waals surface area (Å²) in [5.41, 5.74) is 3.08. The minimum absolute atomic E-state index is 0.268. The fourth-order valence-corrected chi connectivity index (χ4v) is 3.89. The second-order valence-electron chi connectivity index (χ2n) is 6.27. The molecule has 4 rings (SSSR count). The lowest BCUT2D eigenvalue weighted by Crippen LogP contribution is -2.64. The van der Waals surface area contributed by atoms with Gasteiger partial charge in [-0.1, -0.05) is 52.3 Å². The van der Waals surface area contributed by atoms with E-state index in [1.54, 1.807) is 0 Å². The third-order valence-electron chi connectivity index (χ3n) is 4.80. The van der Waals surface area contributed by atoms with Crippen LogP contribution in [-0.4, -0.2) is 30.8 Å². The first kappa shape index (κ1) is 15.7. The van der Waals surface area contributed by atoms with Crippen molar-refractivity contribution in [1.29, 1.82) is 0 Å². The average Bonchev–Trinajstić information content (AvgIpc) is 2.57. The molecule has 0 atom stereocenters. The second kappa shape index (κ2) is 6.22. The lowest BCUT2D eigenvalue weighted by molar-refractivity contribution is -0.141. The number of halogens is 1. The third kappa shape index (κ3) is 2.62. The maximum Gasteiger partial charge on any atom is 0.411 e. The normalized spacial score (nSPS) is 18.0. The number of hydrogen-bond acceptors (Lipinski definition) is 3. The van der Waals surface area contributed by atoms with Crippen LogP contribution in [0.2, 0.25) is 0 Å². The molecule has 1 amide bonds. The van der Waals surface area contributed by atoms with Crippen molar-refractivity contribution in [3.63, 3.8) is 0 Å². The first-order chi connectivity index (χ1) is 11.7. The lowest BCUT2D eigenvalue weighted by atomic mass is 9.79. The number of ether oxygens (including phenoxy) is 2. The highest BCUT2D eigenvalue weighted by Gasteiger charge is 2.51. The van der Waals surface area contributed by atoms with Crippen molar-refractivity contribution in [1.82, 2.24) is 4.90 Å². The Bertz CT molecular complexity index is 758. The molecule has 0 unspecified atom stereocenters. The number of nitrogens with zero attached hydrogens (tertiary/aromatic N) is 1. The predicted molar refractivity (Wildman–Crippen MR) is 93.7 cm³/mol. The fraction of sp³-hybridized carbons (Fsp3) is 0.316. The van der Waals surface area contributed by atoms with Crippen LogP contribution in [0.1, 0.15) is 16.7 Å². The van der Waals surface area contributed by atoms with Gasteiger partial charge in [0.15, 0.2) is 0 Å². The Morgan fingerprint density at radius 3 is 2.71 bits per heavy atom. The Morgan fingerprint density at radius 1 is 1.21 bits per heavy atom. The van der Waals surface area contributed by atoms with Gasteiger partial charge in [0.05, 0.1) is 13.2 Å². The molecule has 2 aliphatic rings. The monoisotopic (exact) mass is 387 g/mol. The van der Waals surface area contributed by atoms with E-state index < -0.39 is 0 Å². The van der Waals surface area contributed by atoms with Crippen molar-refractivity contribution >= 4 is 22.0 Å². The Balaban J connectivity index is 1.55. The summed E-state index contributed by atoms with van der Waals surface area (Å²) in [6.45, 7) is 2.00. The van der Waals surface area contributed by atoms with E-state index in [1.807, 2.05) is 41.3 Å². The maximum atomic E-state index is 12.7. The molecule has 24 heavy (non-hydrogen) atoms. The number of amides is 1. The second-order valence-corrected chi connectivity index (χ2v) is 7.18. The molecule has 2 aliphatic heterocycles. The van der Waals surface area contributed by atoms with Crippen molar-refractivity contribution in [3.05, 3.63) is 69.7 Å². The molecule has 2 heterocycles. The quantitative estimate of drug-likeness (QED) is 0.784. The van der Waals surface area contributed by atoms with E-state index in [0.717, 1.165) is 16.5 Å². The lowest BCUT2D eigenvalue weighted by Gasteiger charge is -2.52. The van der Waals surface area contributed by atoms with Crippen molar-refractivity contribution in [2.24, 2.45) is 0 Å². The molecule has 1 spiro atoms. The molecule has 1 saturated heterocycles. The molecule has 2 aromatic carbocycles. The van der Waals surface area contributed by atoms with Gasteiger partial charge >= 0.3 is 6.09 Å². The Labute approximate surface area is 149 Å². The number of rotatable bonds is 2. The molecule has 5 heteroatoms. The zero-order valence-electron chi connectivity index (χ0n) is 13.2. The summed E-state index contributed by atoms with van der Waals surface area (Å²) in [7, 11) is 0. The van der Waals surface area contributed by atoms with Crippen LogP contribution < -0.4 is 0 Å². The van der Waals surface area contributed by atoms with Crippen LogP contribution in [0.5, 0.6) is 0 Å². The van der Waals surface area contributed by atoms with E-state index in [0.29, 0.717) is 26.4 Å². The Hall–Kier alpha value is -1.85. The van der Waals surface area contributed by atoms with Crippen LogP contribution in [0.3, 0.4) is 0 Å². The van der Waals surface area contributed by atoms with E-state index >= 15 is 0 Å². The third-order valence-corrected chi connectivity index (χ3v) is 5.29. The minimum Gasteiger partial charge on any atom is -0.445 e. The molecule has 1 fully saturated rings. The van der Waals surface area contributed by atoms with Gasteiger partial charge in [-0.05, 0) is 35.2 Å². The summed E-state index contributed by atoms with van der Waals surface area (Å²) in [5.74, 6) is 0. The van der Waals surface area contributed by atoms with Crippen LogP contribution in [0.4, 0.5) is 4.79 Å². The summed E-state index contributed by atoms with van der Waals surface area (Å²) in [5, 5.41) is 0. The van der Waals surface area contributed by atoms with Gasteiger partial charge in [-0.25, -0.2) is 4.79 Å². The summed E-state index contributed by atoms with van der Waals surface area (Å²) in [6, 6.07) is 16.0. The van der Waals surface area contributed by atoms with E-state index in [1.165, 1.54) is 11.1 Å². The molecule has 0 saturated carbocycles. The van der Waals surface area contributed by atoms with Crippen LogP contribution in [-0.2, 0) is 28.0 Å². The molecule has 0 aromatic heterocycles. The Morgan fingerprint density at radius 2 is 2.00 bits per heavy atom. The smallest absolute Gasteiger partial charge is 0.411 e. The Kier molecular flexibility index (Phi) is 4.06. The molecular formula is C19H18BrNO3. The zero-order chi connectivity index (χ0) is 16.6. The highest BCUT2D eigenvalue weighted by atomic mass is 79.9. The van der Waals surface area contributed by atoms with E-state index in [9.17, 15) is 4.79 Å². The van der Waals surface area contributed by atoms with Crippen molar-refractivity contribution in [2.45, 2.75) is 18.6 Å². The number of benzene rings is 2. The van der Waals surface area contributed by atoms with Crippen molar-refractivity contribution in [3.8, 4) is 0 Å². The number of hydrogen-bond donors (Lipinski definition) is 0. The molecular weight excluding hydrogens is 370 g/mol. The molecule has 0 bridgehead atoms. The first-order valence-electron chi connectivity index (χ1n) is 8.04. The van der Waals surface area contributed by atoms with E-state index in [2.05, 4.69) is 28.1 Å². The van der Waals surface area contributed by atoms with E-state index in [4.69, 9.17) is 9.47 Å². The molecule has 2 aromatic rings. The standard InChI is InChI=1S/C19H18BrNO3/c20-16-6-7-17-15(10-16)8-9-21(19(17)12-23-13-19)18(22)24-11-14-4-2-1-3-5-14/h1-7,10H,8-9,11-13H2. The van der Waals surface area contributed by atoms with Gasteiger partial charge < -0.3 is 9.47 Å². The fourth-order valence-electron chi connectivity index (χ4n) is 3.48. The van der Waals surface area contributed by atoms with Gasteiger partial charge in [-0.15, -0.1) is 0 Å². The van der Waals surface area contributed by atoms with Crippen LogP contribution in [0.25, 0.3) is 0 Å². The van der Waals surface area contributed by atoms with Crippen LogP contribution >= 0.6 is 15.9 Å². The largest absolute Gasteiger partial charge is 0.445 e. The minimum atomic E-state index is -0.373. The van der Waals surface area contributed by atoms with Gasteiger partial charge in [-0.3, -0.25) is 4.90 Å². The molecule has 0 N–H and O–H groups in total. The SMILES string of the molecule is O=C(OCc1ccccc1)N1CCc2cc(Br)ccc2C12COC2. The van der Waals surface area contributed by atoms with Gasteiger partial charge in [0, 0.05) is 11.0 Å². The highest BCUT2D eigenvalue weighted by molar-refractivity contribution is 9.10. The molecule has 0 radical (unpaired) electrons. The van der Waals surface area contributed by atoms with Crippen molar-refractivity contribution in [2.75, 3.05) is 19.8 Å². The maximum absolute atomic E-state index is 12.7. The molecule has 0 aliphatic carbocycles. The van der Waals surface area contributed by atoms with Crippen molar-refractivity contribution < 1.29 is 14.3 Å².